The van der Waals surface area contributed by atoms with Gasteiger partial charge >= 0.3 is 0 Å². The van der Waals surface area contributed by atoms with Gasteiger partial charge in [-0.25, -0.2) is 0 Å². The lowest BCUT2D eigenvalue weighted by atomic mass is 9.95. The Morgan fingerprint density at radius 2 is 1.55 bits per heavy atom. The molecule has 0 spiro atoms. The minimum Gasteiger partial charge on any atom is -0.507 e. The van der Waals surface area contributed by atoms with E-state index in [4.69, 9.17) is 4.74 Å². The summed E-state index contributed by atoms with van der Waals surface area (Å²) < 4.78 is 5.61. The first-order valence-electron chi connectivity index (χ1n) is 11.2. The third-order valence-corrected chi connectivity index (χ3v) is 5.74. The summed E-state index contributed by atoms with van der Waals surface area (Å²) in [7, 11) is 0. The molecule has 1 amide bonds. The van der Waals surface area contributed by atoms with Crippen molar-refractivity contribution in [3.63, 3.8) is 0 Å². The fourth-order valence-corrected chi connectivity index (χ4v) is 4.07. The molecule has 1 aliphatic heterocycles. The molecule has 3 aromatic rings. The fourth-order valence-electron chi connectivity index (χ4n) is 4.07. The van der Waals surface area contributed by atoms with Crippen molar-refractivity contribution in [3.05, 3.63) is 107 Å². The number of aliphatic hydroxyl groups is 1. The molecule has 3 aromatic carbocycles. The lowest BCUT2D eigenvalue weighted by Crippen LogP contribution is -2.31. The maximum atomic E-state index is 13.1. The largest absolute Gasteiger partial charge is 0.507 e. The van der Waals surface area contributed by atoms with Gasteiger partial charge in [0.15, 0.2) is 0 Å². The van der Waals surface area contributed by atoms with E-state index in [-0.39, 0.29) is 11.3 Å². The van der Waals surface area contributed by atoms with Gasteiger partial charge in [0.1, 0.15) is 11.5 Å². The number of aliphatic hydroxyl groups excluding tert-OH is 1. The molecule has 168 valence electrons. The highest BCUT2D eigenvalue weighted by Gasteiger charge is 2.45. The Balaban J connectivity index is 1.70. The lowest BCUT2D eigenvalue weighted by molar-refractivity contribution is -0.139. The Morgan fingerprint density at radius 1 is 0.909 bits per heavy atom. The van der Waals surface area contributed by atoms with Gasteiger partial charge in [-0.2, -0.15) is 0 Å². The maximum absolute atomic E-state index is 13.1. The average Bonchev–Trinajstić information content (AvgIpc) is 3.12. The van der Waals surface area contributed by atoms with E-state index in [1.165, 1.54) is 0 Å². The molecule has 0 aliphatic carbocycles. The molecular formula is C28H27NO4. The summed E-state index contributed by atoms with van der Waals surface area (Å²) in [5, 5.41) is 11.1. The molecule has 5 nitrogen and oxygen atoms in total. The Bertz CT molecular complexity index is 1140. The molecule has 1 saturated heterocycles. The second-order valence-electron chi connectivity index (χ2n) is 8.01. The molecule has 4 rings (SSSR count). The number of rotatable bonds is 8. The zero-order valence-electron chi connectivity index (χ0n) is 18.6. The van der Waals surface area contributed by atoms with Crippen molar-refractivity contribution in [2.45, 2.75) is 25.8 Å². The predicted octanol–water partition coefficient (Wildman–Crippen LogP) is 5.14. The van der Waals surface area contributed by atoms with Crippen molar-refractivity contribution < 1.29 is 19.4 Å². The zero-order chi connectivity index (χ0) is 23.2. The lowest BCUT2D eigenvalue weighted by Gasteiger charge is -2.25. The molecule has 33 heavy (non-hydrogen) atoms. The number of hydrogen-bond donors (Lipinski definition) is 1. The van der Waals surface area contributed by atoms with E-state index in [9.17, 15) is 14.7 Å². The van der Waals surface area contributed by atoms with Crippen LogP contribution in [0.15, 0.2) is 90.5 Å². The van der Waals surface area contributed by atoms with Crippen molar-refractivity contribution >= 4 is 17.4 Å². The normalized spacial score (nSPS) is 17.4. The number of Topliss-reactive ketones (excluding diaryl/α,β-unsaturated/α-hetero) is 1. The van der Waals surface area contributed by atoms with Crippen LogP contribution >= 0.6 is 0 Å². The number of nitrogens with zero attached hydrogens (tertiary/aromatic N) is 1. The second kappa shape index (κ2) is 10.2. The number of hydrogen-bond acceptors (Lipinski definition) is 4. The molecule has 1 fully saturated rings. The first-order chi connectivity index (χ1) is 16.1. The minimum absolute atomic E-state index is 0.112. The monoisotopic (exact) mass is 441 g/mol. The van der Waals surface area contributed by atoms with E-state index in [0.717, 1.165) is 17.5 Å². The Kier molecular flexibility index (Phi) is 6.89. The van der Waals surface area contributed by atoms with Gasteiger partial charge in [0.25, 0.3) is 11.7 Å². The van der Waals surface area contributed by atoms with Crippen LogP contribution in [0.4, 0.5) is 0 Å². The van der Waals surface area contributed by atoms with Gasteiger partial charge < -0.3 is 14.7 Å². The molecular weight excluding hydrogens is 414 g/mol. The van der Waals surface area contributed by atoms with Crippen molar-refractivity contribution in [2.24, 2.45) is 0 Å². The highest BCUT2D eigenvalue weighted by atomic mass is 16.5. The molecule has 0 radical (unpaired) electrons. The minimum atomic E-state index is -0.666. The molecule has 0 aromatic heterocycles. The molecule has 5 heteroatoms. The standard InChI is InChI=1S/C28H27NO4/c1-2-19-33-23-15-13-22(14-16-23)26(30)24-25(21-11-7-4-8-12-21)29(28(32)27(24)31)18-17-20-9-5-3-6-10-20/h3-16,25,30H,2,17-19H2,1H3. The number of ether oxygens (including phenoxy) is 1. The van der Waals surface area contributed by atoms with Crippen LogP contribution in [0.3, 0.4) is 0 Å². The summed E-state index contributed by atoms with van der Waals surface area (Å²) in [5.41, 5.74) is 2.45. The van der Waals surface area contributed by atoms with Crippen LogP contribution in [-0.4, -0.2) is 34.8 Å². The SMILES string of the molecule is CCCOc1ccc(C(O)=C2C(=O)C(=O)N(CCc3ccccc3)C2c2ccccc2)cc1. The first-order valence-corrected chi connectivity index (χ1v) is 11.2. The van der Waals surface area contributed by atoms with E-state index in [1.54, 1.807) is 29.2 Å². The third kappa shape index (κ3) is 4.82. The van der Waals surface area contributed by atoms with E-state index >= 15 is 0 Å². The number of ketones is 1. The number of carbonyl (C=O) groups excluding carboxylic acids is 2. The summed E-state index contributed by atoms with van der Waals surface area (Å²) in [6, 6.07) is 25.5. The van der Waals surface area contributed by atoms with Crippen LogP contribution in [0.1, 0.15) is 36.1 Å². The summed E-state index contributed by atoms with van der Waals surface area (Å²) in [6.45, 7) is 3.00. The molecule has 1 heterocycles. The average molecular weight is 442 g/mol. The van der Waals surface area contributed by atoms with Crippen LogP contribution in [0, 0.1) is 0 Å². The topological polar surface area (TPSA) is 66.8 Å². The summed E-state index contributed by atoms with van der Waals surface area (Å²) in [6.07, 6.45) is 1.51. The summed E-state index contributed by atoms with van der Waals surface area (Å²) >= 11 is 0. The Hall–Kier alpha value is -3.86. The van der Waals surface area contributed by atoms with Crippen LogP contribution in [-0.2, 0) is 16.0 Å². The summed E-state index contributed by atoms with van der Waals surface area (Å²) in [5.74, 6) is -0.743. The maximum Gasteiger partial charge on any atom is 0.295 e. The van der Waals surface area contributed by atoms with Crippen molar-refractivity contribution in [1.82, 2.24) is 4.90 Å². The van der Waals surface area contributed by atoms with Crippen LogP contribution in [0.5, 0.6) is 5.75 Å². The van der Waals surface area contributed by atoms with Gasteiger partial charge in [0, 0.05) is 12.1 Å². The van der Waals surface area contributed by atoms with Crippen LogP contribution < -0.4 is 4.74 Å². The summed E-state index contributed by atoms with van der Waals surface area (Å²) in [4.78, 5) is 27.7. The van der Waals surface area contributed by atoms with E-state index in [1.807, 2.05) is 67.6 Å². The molecule has 1 aliphatic rings. The Labute approximate surface area is 193 Å². The second-order valence-corrected chi connectivity index (χ2v) is 8.01. The molecule has 0 bridgehead atoms. The predicted molar refractivity (Wildman–Crippen MR) is 128 cm³/mol. The third-order valence-electron chi connectivity index (χ3n) is 5.74. The number of carbonyl (C=O) groups is 2. The highest BCUT2D eigenvalue weighted by molar-refractivity contribution is 6.46. The van der Waals surface area contributed by atoms with Gasteiger partial charge in [-0.15, -0.1) is 0 Å². The van der Waals surface area contributed by atoms with E-state index < -0.39 is 17.7 Å². The molecule has 1 N–H and O–H groups in total. The van der Waals surface area contributed by atoms with E-state index in [2.05, 4.69) is 0 Å². The van der Waals surface area contributed by atoms with Gasteiger partial charge in [0.2, 0.25) is 0 Å². The quantitative estimate of drug-likeness (QED) is 0.299. The number of likely N-dealkylation sites (tertiary alicyclic amines) is 1. The van der Waals surface area contributed by atoms with Gasteiger partial charge in [-0.1, -0.05) is 67.6 Å². The van der Waals surface area contributed by atoms with Crippen molar-refractivity contribution in [1.29, 1.82) is 0 Å². The zero-order valence-corrected chi connectivity index (χ0v) is 18.6. The van der Waals surface area contributed by atoms with Gasteiger partial charge in [-0.3, -0.25) is 9.59 Å². The Morgan fingerprint density at radius 3 is 2.18 bits per heavy atom. The van der Waals surface area contributed by atoms with Crippen molar-refractivity contribution in [3.8, 4) is 5.75 Å². The van der Waals surface area contributed by atoms with Gasteiger partial charge in [0.05, 0.1) is 18.2 Å². The van der Waals surface area contributed by atoms with E-state index in [0.29, 0.717) is 30.9 Å². The molecule has 1 atom stereocenters. The smallest absolute Gasteiger partial charge is 0.295 e. The fraction of sp³-hybridized carbons (Fsp3) is 0.214. The highest BCUT2D eigenvalue weighted by Crippen LogP contribution is 2.39. The number of benzene rings is 3. The van der Waals surface area contributed by atoms with Crippen LogP contribution in [0.2, 0.25) is 0 Å². The molecule has 0 saturated carbocycles. The van der Waals surface area contributed by atoms with Gasteiger partial charge in [-0.05, 0) is 48.2 Å². The first kappa shape index (κ1) is 22.3. The number of amides is 1. The molecule has 1 unspecified atom stereocenters. The van der Waals surface area contributed by atoms with Crippen LogP contribution in [0.25, 0.3) is 5.76 Å². The van der Waals surface area contributed by atoms with Crippen molar-refractivity contribution in [2.75, 3.05) is 13.2 Å².